The fourth-order valence-electron chi connectivity index (χ4n) is 2.70. The molecule has 0 saturated heterocycles. The molecule has 0 aliphatic carbocycles. The number of nitrogens with one attached hydrogen (secondary N) is 2. The maximum Gasteiger partial charge on any atom is 0.259 e. The average molecular weight is 380 g/mol. The van der Waals surface area contributed by atoms with E-state index in [0.29, 0.717) is 39.9 Å². The fourth-order valence-corrected chi connectivity index (χ4v) is 2.70. The summed E-state index contributed by atoms with van der Waals surface area (Å²) in [6.45, 7) is 5.40. The molecule has 3 aromatic rings. The minimum absolute atomic E-state index is 0.319. The molecule has 2 N–H and O–H groups in total. The van der Waals surface area contributed by atoms with Gasteiger partial charge in [0.05, 0.1) is 24.1 Å². The fraction of sp³-hybridized carbons (Fsp3) is 0.190. The monoisotopic (exact) mass is 380 g/mol. The average Bonchev–Trinajstić information content (AvgIpc) is 2.65. The third kappa shape index (κ3) is 4.25. The van der Waals surface area contributed by atoms with Crippen LogP contribution in [0.4, 0.5) is 21.6 Å². The Balaban J connectivity index is 1.90. The number of nitrogens with zero attached hydrogens (tertiary/aromatic N) is 2. The van der Waals surface area contributed by atoms with E-state index in [1.165, 1.54) is 19.2 Å². The Hall–Kier alpha value is -3.48. The van der Waals surface area contributed by atoms with Crippen molar-refractivity contribution in [2.45, 2.75) is 20.8 Å². The van der Waals surface area contributed by atoms with Gasteiger partial charge in [-0.1, -0.05) is 0 Å². The van der Waals surface area contributed by atoms with Gasteiger partial charge in [-0.2, -0.15) is 0 Å². The van der Waals surface area contributed by atoms with Crippen molar-refractivity contribution in [1.82, 2.24) is 9.97 Å². The second-order valence-corrected chi connectivity index (χ2v) is 6.37. The molecule has 7 heteroatoms. The van der Waals surface area contributed by atoms with E-state index in [1.807, 2.05) is 6.92 Å². The Kier molecular flexibility index (Phi) is 5.54. The lowest BCUT2D eigenvalue weighted by Crippen LogP contribution is -2.16. The van der Waals surface area contributed by atoms with Crippen LogP contribution in [0, 0.1) is 26.6 Å². The number of methoxy groups -OCH3 is 1. The summed E-state index contributed by atoms with van der Waals surface area (Å²) < 4.78 is 18.5. The Morgan fingerprint density at radius 3 is 2.43 bits per heavy atom. The van der Waals surface area contributed by atoms with Crippen LogP contribution in [0.2, 0.25) is 0 Å². The van der Waals surface area contributed by atoms with Crippen molar-refractivity contribution in [3.63, 3.8) is 0 Å². The third-order valence-electron chi connectivity index (χ3n) is 4.24. The number of ether oxygens (including phenoxy) is 1. The highest BCUT2D eigenvalue weighted by atomic mass is 19.1. The number of rotatable bonds is 5. The van der Waals surface area contributed by atoms with Crippen molar-refractivity contribution in [3.05, 3.63) is 70.8 Å². The first-order chi connectivity index (χ1) is 13.4. The number of amides is 1. The molecule has 3 rings (SSSR count). The number of hydrogen-bond donors (Lipinski definition) is 2. The highest BCUT2D eigenvalue weighted by Gasteiger charge is 2.16. The lowest BCUT2D eigenvalue weighted by molar-refractivity contribution is 0.102. The number of carbonyl (C=O) groups excluding carboxylic acids is 1. The number of anilines is 3. The number of carbonyl (C=O) groups is 1. The van der Waals surface area contributed by atoms with E-state index in [9.17, 15) is 9.18 Å². The minimum Gasteiger partial charge on any atom is -0.481 e. The normalized spacial score (nSPS) is 10.5. The molecular weight excluding hydrogens is 359 g/mol. The first kappa shape index (κ1) is 19.3. The Morgan fingerprint density at radius 2 is 1.75 bits per heavy atom. The molecule has 0 bridgehead atoms. The van der Waals surface area contributed by atoms with E-state index in [1.54, 1.807) is 44.2 Å². The molecule has 6 nitrogen and oxygen atoms in total. The van der Waals surface area contributed by atoms with Gasteiger partial charge < -0.3 is 15.4 Å². The number of benzene rings is 1. The summed E-state index contributed by atoms with van der Waals surface area (Å²) in [6.07, 6.45) is 0. The lowest BCUT2D eigenvalue weighted by atomic mass is 10.1. The van der Waals surface area contributed by atoms with Crippen LogP contribution in [0.15, 0.2) is 42.5 Å². The standard InChI is InChI=1S/C21H21FN4O2/c1-12-11-15(22)6-8-17(12)25-20-16(7-5-13(2)23-20)21(27)26-18-9-10-19(28-4)24-14(18)3/h5-11H,1-4H3,(H,23,25)(H,26,27). The quantitative estimate of drug-likeness (QED) is 0.679. The molecule has 0 fully saturated rings. The van der Waals surface area contributed by atoms with Gasteiger partial charge in [0.2, 0.25) is 5.88 Å². The van der Waals surface area contributed by atoms with Gasteiger partial charge in [0.1, 0.15) is 11.6 Å². The maximum atomic E-state index is 13.4. The van der Waals surface area contributed by atoms with E-state index in [0.717, 1.165) is 5.69 Å². The highest BCUT2D eigenvalue weighted by Crippen LogP contribution is 2.25. The summed E-state index contributed by atoms with van der Waals surface area (Å²) in [5.41, 5.74) is 3.72. The molecule has 2 heterocycles. The maximum absolute atomic E-state index is 13.4. The van der Waals surface area contributed by atoms with Gasteiger partial charge in [-0.3, -0.25) is 4.79 Å². The molecule has 28 heavy (non-hydrogen) atoms. The first-order valence-corrected chi connectivity index (χ1v) is 8.71. The summed E-state index contributed by atoms with van der Waals surface area (Å²) in [4.78, 5) is 21.6. The van der Waals surface area contributed by atoms with Gasteiger partial charge in [0.15, 0.2) is 0 Å². The topological polar surface area (TPSA) is 76.1 Å². The molecule has 0 unspecified atom stereocenters. The minimum atomic E-state index is -0.329. The first-order valence-electron chi connectivity index (χ1n) is 8.71. The molecular formula is C21H21FN4O2. The molecule has 1 aromatic carbocycles. The number of pyridine rings is 2. The zero-order chi connectivity index (χ0) is 20.3. The zero-order valence-electron chi connectivity index (χ0n) is 16.1. The summed E-state index contributed by atoms with van der Waals surface area (Å²) in [5, 5.41) is 5.98. The summed E-state index contributed by atoms with van der Waals surface area (Å²) in [6, 6.07) is 11.3. The van der Waals surface area contributed by atoms with Gasteiger partial charge in [0.25, 0.3) is 5.91 Å². The van der Waals surface area contributed by atoms with Gasteiger partial charge in [0, 0.05) is 17.4 Å². The van der Waals surface area contributed by atoms with Gasteiger partial charge in [-0.25, -0.2) is 14.4 Å². The predicted octanol–water partition coefficient (Wildman–Crippen LogP) is 4.55. The van der Waals surface area contributed by atoms with Crippen LogP contribution in [-0.4, -0.2) is 23.0 Å². The van der Waals surface area contributed by atoms with E-state index in [-0.39, 0.29) is 11.7 Å². The molecule has 1 amide bonds. The predicted molar refractivity (Wildman–Crippen MR) is 107 cm³/mol. The Bertz CT molecular complexity index is 1040. The van der Waals surface area contributed by atoms with Crippen LogP contribution in [0.3, 0.4) is 0 Å². The van der Waals surface area contributed by atoms with E-state index < -0.39 is 0 Å². The summed E-state index contributed by atoms with van der Waals surface area (Å²) in [5.74, 6) is 0.221. The second kappa shape index (κ2) is 8.04. The SMILES string of the molecule is COc1ccc(NC(=O)c2ccc(C)nc2Nc2ccc(F)cc2C)c(C)n1. The zero-order valence-corrected chi connectivity index (χ0v) is 16.1. The summed E-state index contributed by atoms with van der Waals surface area (Å²) >= 11 is 0. The Labute approximate surface area is 162 Å². The molecule has 0 aliphatic rings. The van der Waals surface area contributed by atoms with Crippen LogP contribution in [-0.2, 0) is 0 Å². The number of hydrogen-bond acceptors (Lipinski definition) is 5. The van der Waals surface area contributed by atoms with Crippen molar-refractivity contribution >= 4 is 23.1 Å². The molecule has 0 aliphatic heterocycles. The van der Waals surface area contributed by atoms with Crippen LogP contribution >= 0.6 is 0 Å². The van der Waals surface area contributed by atoms with E-state index in [2.05, 4.69) is 20.6 Å². The Morgan fingerprint density at radius 1 is 1.00 bits per heavy atom. The van der Waals surface area contributed by atoms with Crippen molar-refractivity contribution < 1.29 is 13.9 Å². The number of aromatic nitrogens is 2. The highest BCUT2D eigenvalue weighted by molar-refractivity contribution is 6.08. The van der Waals surface area contributed by atoms with Crippen LogP contribution in [0.25, 0.3) is 0 Å². The van der Waals surface area contributed by atoms with Crippen LogP contribution in [0.1, 0.15) is 27.3 Å². The number of halogens is 1. The largest absolute Gasteiger partial charge is 0.481 e. The molecule has 2 aromatic heterocycles. The molecule has 0 radical (unpaired) electrons. The molecule has 0 spiro atoms. The summed E-state index contributed by atoms with van der Waals surface area (Å²) in [7, 11) is 1.54. The van der Waals surface area contributed by atoms with E-state index >= 15 is 0 Å². The van der Waals surface area contributed by atoms with Crippen LogP contribution < -0.4 is 15.4 Å². The third-order valence-corrected chi connectivity index (χ3v) is 4.24. The molecule has 0 saturated carbocycles. The lowest BCUT2D eigenvalue weighted by Gasteiger charge is -2.14. The molecule has 0 atom stereocenters. The van der Waals surface area contributed by atoms with Gasteiger partial charge in [-0.05, 0) is 62.7 Å². The van der Waals surface area contributed by atoms with Crippen molar-refractivity contribution in [3.8, 4) is 5.88 Å². The van der Waals surface area contributed by atoms with E-state index in [4.69, 9.17) is 4.74 Å². The number of aryl methyl sites for hydroxylation is 3. The van der Waals surface area contributed by atoms with Crippen LogP contribution in [0.5, 0.6) is 5.88 Å². The molecule has 144 valence electrons. The van der Waals surface area contributed by atoms with Crippen molar-refractivity contribution in [2.75, 3.05) is 17.7 Å². The van der Waals surface area contributed by atoms with Crippen molar-refractivity contribution in [2.24, 2.45) is 0 Å². The van der Waals surface area contributed by atoms with Crippen molar-refractivity contribution in [1.29, 1.82) is 0 Å². The van der Waals surface area contributed by atoms with Gasteiger partial charge >= 0.3 is 0 Å². The second-order valence-electron chi connectivity index (χ2n) is 6.37. The van der Waals surface area contributed by atoms with Gasteiger partial charge in [-0.15, -0.1) is 0 Å². The smallest absolute Gasteiger partial charge is 0.259 e.